The first kappa shape index (κ1) is 23.6. The van der Waals surface area contributed by atoms with E-state index in [0.29, 0.717) is 40.7 Å². The van der Waals surface area contributed by atoms with Crippen LogP contribution in [0.2, 0.25) is 0 Å². The predicted octanol–water partition coefficient (Wildman–Crippen LogP) is 3.65. The lowest BCUT2D eigenvalue weighted by Crippen LogP contribution is -2.29. The molecule has 8 heteroatoms. The standard InChI is InChI=1S/C25H28N4O4/c1-17(2)14-27-25(32)20-10-4-6-12-22(20)29-23(30)16-26-21-11-5-3-9-19(21)24(31)28-15-18-8-7-13-33-18/h3-13,17,26H,14-16H2,1-2H3,(H,27,32)(H,28,31)(H,29,30). The Morgan fingerprint density at radius 3 is 2.12 bits per heavy atom. The van der Waals surface area contributed by atoms with Gasteiger partial charge in [0.2, 0.25) is 5.91 Å². The molecule has 0 saturated heterocycles. The van der Waals surface area contributed by atoms with Gasteiger partial charge in [-0.3, -0.25) is 14.4 Å². The summed E-state index contributed by atoms with van der Waals surface area (Å²) in [6.07, 6.45) is 1.54. The van der Waals surface area contributed by atoms with E-state index in [-0.39, 0.29) is 30.8 Å². The van der Waals surface area contributed by atoms with Crippen LogP contribution >= 0.6 is 0 Å². The zero-order chi connectivity index (χ0) is 23.6. The van der Waals surface area contributed by atoms with E-state index in [0.717, 1.165) is 0 Å². The molecule has 8 nitrogen and oxygen atoms in total. The first-order chi connectivity index (χ1) is 15.9. The molecule has 0 saturated carbocycles. The van der Waals surface area contributed by atoms with E-state index in [9.17, 15) is 14.4 Å². The zero-order valence-corrected chi connectivity index (χ0v) is 18.7. The third-order valence-electron chi connectivity index (χ3n) is 4.73. The van der Waals surface area contributed by atoms with Crippen LogP contribution < -0.4 is 21.3 Å². The molecule has 172 valence electrons. The number of benzene rings is 2. The van der Waals surface area contributed by atoms with E-state index in [1.165, 1.54) is 0 Å². The number of para-hydroxylation sites is 2. The largest absolute Gasteiger partial charge is 0.467 e. The van der Waals surface area contributed by atoms with Crippen molar-refractivity contribution in [1.82, 2.24) is 10.6 Å². The molecule has 0 radical (unpaired) electrons. The molecule has 2 aromatic carbocycles. The van der Waals surface area contributed by atoms with Gasteiger partial charge in [-0.2, -0.15) is 0 Å². The van der Waals surface area contributed by atoms with Gasteiger partial charge in [-0.25, -0.2) is 0 Å². The highest BCUT2D eigenvalue weighted by Gasteiger charge is 2.15. The highest BCUT2D eigenvalue weighted by molar-refractivity contribution is 6.05. The summed E-state index contributed by atoms with van der Waals surface area (Å²) in [4.78, 5) is 37.6. The van der Waals surface area contributed by atoms with E-state index in [1.807, 2.05) is 13.8 Å². The van der Waals surface area contributed by atoms with Crippen LogP contribution in [0.25, 0.3) is 0 Å². The topological polar surface area (TPSA) is 112 Å². The number of hydrogen-bond acceptors (Lipinski definition) is 5. The summed E-state index contributed by atoms with van der Waals surface area (Å²) in [5, 5.41) is 11.4. The molecule has 0 bridgehead atoms. The van der Waals surface area contributed by atoms with Crippen molar-refractivity contribution < 1.29 is 18.8 Å². The normalized spacial score (nSPS) is 10.5. The third kappa shape index (κ3) is 6.96. The van der Waals surface area contributed by atoms with Crippen molar-refractivity contribution in [3.63, 3.8) is 0 Å². The third-order valence-corrected chi connectivity index (χ3v) is 4.73. The van der Waals surface area contributed by atoms with Crippen LogP contribution in [-0.2, 0) is 11.3 Å². The number of anilines is 2. The van der Waals surface area contributed by atoms with Gasteiger partial charge in [-0.1, -0.05) is 38.1 Å². The summed E-state index contributed by atoms with van der Waals surface area (Å²) in [6.45, 7) is 4.74. The SMILES string of the molecule is CC(C)CNC(=O)c1ccccc1NC(=O)CNc1ccccc1C(=O)NCc1ccco1. The van der Waals surface area contributed by atoms with Crippen LogP contribution in [0.15, 0.2) is 71.3 Å². The molecule has 3 aromatic rings. The Morgan fingerprint density at radius 1 is 0.818 bits per heavy atom. The van der Waals surface area contributed by atoms with Crippen LogP contribution in [0.3, 0.4) is 0 Å². The Kier molecular flexibility index (Phi) is 8.24. The van der Waals surface area contributed by atoms with Crippen LogP contribution in [0, 0.1) is 5.92 Å². The Bertz CT molecular complexity index is 1090. The van der Waals surface area contributed by atoms with E-state index in [1.54, 1.807) is 66.9 Å². The lowest BCUT2D eigenvalue weighted by Gasteiger charge is -2.14. The Hall–Kier alpha value is -4.07. The maximum Gasteiger partial charge on any atom is 0.253 e. The number of rotatable bonds is 10. The van der Waals surface area contributed by atoms with Gasteiger partial charge in [0.15, 0.2) is 0 Å². The summed E-state index contributed by atoms with van der Waals surface area (Å²) in [5.41, 5.74) is 1.75. The van der Waals surface area contributed by atoms with Crippen molar-refractivity contribution >= 4 is 29.1 Å². The molecule has 33 heavy (non-hydrogen) atoms. The smallest absolute Gasteiger partial charge is 0.253 e. The average molecular weight is 449 g/mol. The van der Waals surface area contributed by atoms with Crippen molar-refractivity contribution in [2.75, 3.05) is 23.7 Å². The quantitative estimate of drug-likeness (QED) is 0.378. The highest BCUT2D eigenvalue weighted by Crippen LogP contribution is 2.17. The lowest BCUT2D eigenvalue weighted by atomic mass is 10.1. The minimum Gasteiger partial charge on any atom is -0.467 e. The van der Waals surface area contributed by atoms with Gasteiger partial charge in [0.1, 0.15) is 5.76 Å². The Morgan fingerprint density at radius 2 is 1.45 bits per heavy atom. The minimum absolute atomic E-state index is 0.0789. The summed E-state index contributed by atoms with van der Waals surface area (Å²) in [5.74, 6) is 0.0821. The summed E-state index contributed by atoms with van der Waals surface area (Å²) in [6, 6.07) is 17.3. The van der Waals surface area contributed by atoms with E-state index in [2.05, 4.69) is 21.3 Å². The van der Waals surface area contributed by atoms with Gasteiger partial charge < -0.3 is 25.7 Å². The molecule has 0 atom stereocenters. The predicted molar refractivity (Wildman–Crippen MR) is 127 cm³/mol. The fourth-order valence-electron chi connectivity index (χ4n) is 3.06. The number of furan rings is 1. The van der Waals surface area contributed by atoms with Crippen molar-refractivity contribution in [3.8, 4) is 0 Å². The number of carbonyl (C=O) groups excluding carboxylic acids is 3. The van der Waals surface area contributed by atoms with Gasteiger partial charge in [0.05, 0.1) is 36.2 Å². The molecule has 0 fully saturated rings. The van der Waals surface area contributed by atoms with Crippen molar-refractivity contribution in [3.05, 3.63) is 83.8 Å². The van der Waals surface area contributed by atoms with Crippen molar-refractivity contribution in [2.45, 2.75) is 20.4 Å². The summed E-state index contributed by atoms with van der Waals surface area (Å²) in [7, 11) is 0. The molecule has 3 amide bonds. The molecule has 1 aromatic heterocycles. The molecule has 0 unspecified atom stereocenters. The van der Waals surface area contributed by atoms with Gasteiger partial charge in [-0.05, 0) is 42.3 Å². The second kappa shape index (κ2) is 11.5. The molecular weight excluding hydrogens is 420 g/mol. The number of hydrogen-bond donors (Lipinski definition) is 4. The number of nitrogens with one attached hydrogen (secondary N) is 4. The highest BCUT2D eigenvalue weighted by atomic mass is 16.3. The summed E-state index contributed by atoms with van der Waals surface area (Å²) < 4.78 is 5.23. The lowest BCUT2D eigenvalue weighted by molar-refractivity contribution is -0.114. The van der Waals surface area contributed by atoms with Gasteiger partial charge in [0, 0.05) is 12.2 Å². The fourth-order valence-corrected chi connectivity index (χ4v) is 3.06. The number of amides is 3. The van der Waals surface area contributed by atoms with Gasteiger partial charge in [-0.15, -0.1) is 0 Å². The molecule has 3 rings (SSSR count). The molecule has 4 N–H and O–H groups in total. The van der Waals surface area contributed by atoms with E-state index < -0.39 is 0 Å². The van der Waals surface area contributed by atoms with E-state index in [4.69, 9.17) is 4.42 Å². The van der Waals surface area contributed by atoms with E-state index >= 15 is 0 Å². The van der Waals surface area contributed by atoms with Crippen LogP contribution in [0.5, 0.6) is 0 Å². The molecule has 0 aliphatic carbocycles. The minimum atomic E-state index is -0.343. The van der Waals surface area contributed by atoms with Crippen LogP contribution in [-0.4, -0.2) is 30.8 Å². The second-order valence-corrected chi connectivity index (χ2v) is 7.86. The maximum atomic E-state index is 12.6. The first-order valence-corrected chi connectivity index (χ1v) is 10.7. The molecule has 0 spiro atoms. The second-order valence-electron chi connectivity index (χ2n) is 7.86. The fraction of sp³-hybridized carbons (Fsp3) is 0.240. The van der Waals surface area contributed by atoms with Crippen LogP contribution in [0.4, 0.5) is 11.4 Å². The first-order valence-electron chi connectivity index (χ1n) is 10.7. The molecular formula is C25H28N4O4. The van der Waals surface area contributed by atoms with Crippen molar-refractivity contribution in [2.24, 2.45) is 5.92 Å². The Labute approximate surface area is 192 Å². The van der Waals surface area contributed by atoms with Crippen LogP contribution in [0.1, 0.15) is 40.3 Å². The average Bonchev–Trinajstić information content (AvgIpc) is 3.34. The molecule has 1 heterocycles. The monoisotopic (exact) mass is 448 g/mol. The zero-order valence-electron chi connectivity index (χ0n) is 18.7. The van der Waals surface area contributed by atoms with Crippen molar-refractivity contribution in [1.29, 1.82) is 0 Å². The molecule has 0 aliphatic heterocycles. The summed E-state index contributed by atoms with van der Waals surface area (Å²) >= 11 is 0. The maximum absolute atomic E-state index is 12.6. The number of carbonyl (C=O) groups is 3. The molecule has 0 aliphatic rings. The van der Waals surface area contributed by atoms with Gasteiger partial charge >= 0.3 is 0 Å². The Balaban J connectivity index is 1.60. The van der Waals surface area contributed by atoms with Gasteiger partial charge in [0.25, 0.3) is 11.8 Å².